The third-order valence-corrected chi connectivity index (χ3v) is 2.23. The first-order chi connectivity index (χ1) is 6.57. The van der Waals surface area contributed by atoms with Gasteiger partial charge in [0.15, 0.2) is 11.0 Å². The summed E-state index contributed by atoms with van der Waals surface area (Å²) in [6.45, 7) is 1.98. The van der Waals surface area contributed by atoms with E-state index in [1.165, 1.54) is 4.57 Å². The molecule has 1 rings (SSSR count). The lowest BCUT2D eigenvalue weighted by atomic mass is 10.4. The average molecular weight is 212 g/mol. The van der Waals surface area contributed by atoms with Crippen molar-refractivity contribution in [3.05, 3.63) is 21.2 Å². The molecule has 0 spiro atoms. The molecule has 1 aromatic heterocycles. The summed E-state index contributed by atoms with van der Waals surface area (Å²) in [5.41, 5.74) is 0.394. The summed E-state index contributed by atoms with van der Waals surface area (Å²) in [5.74, 6) is 2.54. The van der Waals surface area contributed by atoms with Crippen molar-refractivity contribution in [2.75, 3.05) is 11.9 Å². The van der Waals surface area contributed by atoms with Gasteiger partial charge >= 0.3 is 0 Å². The van der Waals surface area contributed by atoms with Crippen LogP contribution in [0.25, 0.3) is 0 Å². The van der Waals surface area contributed by atoms with Crippen LogP contribution < -0.4 is 10.9 Å². The molecular formula is C9H10ClN3O. The Hall–Kier alpha value is -1.47. The van der Waals surface area contributed by atoms with Gasteiger partial charge in [0.2, 0.25) is 0 Å². The van der Waals surface area contributed by atoms with Gasteiger partial charge in [0.1, 0.15) is 0 Å². The minimum atomic E-state index is -0.234. The smallest absolute Gasteiger partial charge is 0.293 e. The zero-order valence-corrected chi connectivity index (χ0v) is 8.72. The molecule has 5 heteroatoms. The van der Waals surface area contributed by atoms with E-state index in [0.717, 1.165) is 0 Å². The maximum absolute atomic E-state index is 11.6. The molecule has 0 atom stereocenters. The first kappa shape index (κ1) is 10.6. The van der Waals surface area contributed by atoms with Gasteiger partial charge in [-0.25, -0.2) is 4.98 Å². The van der Waals surface area contributed by atoms with Crippen LogP contribution in [0.4, 0.5) is 5.82 Å². The summed E-state index contributed by atoms with van der Waals surface area (Å²) in [4.78, 5) is 15.5. The van der Waals surface area contributed by atoms with Gasteiger partial charge in [0.05, 0.1) is 12.2 Å². The fraction of sp³-hybridized carbons (Fsp3) is 0.333. The summed E-state index contributed by atoms with van der Waals surface area (Å²) >= 11 is 5.81. The van der Waals surface area contributed by atoms with Crippen LogP contribution in [0, 0.1) is 19.3 Å². The van der Waals surface area contributed by atoms with Crippen LogP contribution in [0.15, 0.2) is 4.79 Å². The summed E-state index contributed by atoms with van der Waals surface area (Å²) in [7, 11) is 1.63. The van der Waals surface area contributed by atoms with Crippen LogP contribution in [0.3, 0.4) is 0 Å². The lowest BCUT2D eigenvalue weighted by molar-refractivity contribution is 0.802. The zero-order chi connectivity index (χ0) is 10.7. The largest absolute Gasteiger partial charge is 0.355 e. The summed E-state index contributed by atoms with van der Waals surface area (Å²) in [5, 5.41) is 3.00. The number of hydrogen-bond acceptors (Lipinski definition) is 3. The van der Waals surface area contributed by atoms with E-state index in [2.05, 4.69) is 16.2 Å². The molecule has 0 bridgehead atoms. The van der Waals surface area contributed by atoms with E-state index in [4.69, 9.17) is 18.0 Å². The predicted molar refractivity (Wildman–Crippen MR) is 56.5 cm³/mol. The number of anilines is 1. The highest BCUT2D eigenvalue weighted by Gasteiger charge is 2.08. The van der Waals surface area contributed by atoms with E-state index in [1.807, 2.05) is 0 Å². The Kier molecular flexibility index (Phi) is 3.15. The fourth-order valence-electron chi connectivity index (χ4n) is 0.926. The minimum Gasteiger partial charge on any atom is -0.355 e. The number of halogens is 1. The fourth-order valence-corrected chi connectivity index (χ4v) is 1.14. The first-order valence-electron chi connectivity index (χ1n) is 3.98. The average Bonchev–Trinajstić information content (AvgIpc) is 2.18. The molecule has 0 aliphatic rings. The second-order valence-corrected chi connectivity index (χ2v) is 3.12. The predicted octanol–water partition coefficient (Wildman–Crippen LogP) is 0.787. The Bertz CT molecular complexity index is 445. The molecule has 0 saturated heterocycles. The van der Waals surface area contributed by atoms with E-state index in [1.54, 1.807) is 14.0 Å². The summed E-state index contributed by atoms with van der Waals surface area (Å²) in [6.07, 6.45) is 5.05. The van der Waals surface area contributed by atoms with Crippen molar-refractivity contribution in [1.82, 2.24) is 9.55 Å². The van der Waals surface area contributed by atoms with Gasteiger partial charge in [0.25, 0.3) is 5.56 Å². The quantitative estimate of drug-likeness (QED) is 0.736. The Labute approximate surface area is 86.9 Å². The van der Waals surface area contributed by atoms with E-state index in [0.29, 0.717) is 10.8 Å². The highest BCUT2D eigenvalue weighted by atomic mass is 35.5. The van der Waals surface area contributed by atoms with Gasteiger partial charge in [-0.15, -0.1) is 6.42 Å². The van der Waals surface area contributed by atoms with Crippen molar-refractivity contribution in [1.29, 1.82) is 0 Å². The van der Waals surface area contributed by atoms with Crippen molar-refractivity contribution in [2.24, 2.45) is 7.05 Å². The number of aromatic nitrogens is 2. The SMILES string of the molecule is C#CCNc1nc(Cl)c(C)n(C)c1=O. The topological polar surface area (TPSA) is 46.9 Å². The molecule has 0 saturated carbocycles. The number of terminal acetylenes is 1. The van der Waals surface area contributed by atoms with Crippen molar-refractivity contribution < 1.29 is 0 Å². The molecule has 0 unspecified atom stereocenters. The molecule has 0 fully saturated rings. The molecule has 1 aromatic rings. The molecule has 14 heavy (non-hydrogen) atoms. The molecule has 1 heterocycles. The number of nitrogens with zero attached hydrogens (tertiary/aromatic N) is 2. The molecule has 1 N–H and O–H groups in total. The molecule has 4 nitrogen and oxygen atoms in total. The van der Waals surface area contributed by atoms with Crippen LogP contribution >= 0.6 is 11.6 Å². The normalized spacial score (nSPS) is 9.57. The first-order valence-corrected chi connectivity index (χ1v) is 4.36. The lowest BCUT2D eigenvalue weighted by Gasteiger charge is -2.08. The molecule has 0 aliphatic carbocycles. The second-order valence-electron chi connectivity index (χ2n) is 2.76. The zero-order valence-electron chi connectivity index (χ0n) is 7.97. The van der Waals surface area contributed by atoms with Crippen molar-refractivity contribution in [3.8, 4) is 12.3 Å². The van der Waals surface area contributed by atoms with Crippen LogP contribution in [0.5, 0.6) is 0 Å². The highest BCUT2D eigenvalue weighted by molar-refractivity contribution is 6.30. The standard InChI is InChI=1S/C9H10ClN3O/c1-4-5-11-8-9(14)13(3)6(2)7(10)12-8/h1H,5H2,2-3H3,(H,11,12). The van der Waals surface area contributed by atoms with Gasteiger partial charge in [-0.1, -0.05) is 17.5 Å². The molecule has 0 radical (unpaired) electrons. The minimum absolute atomic E-state index is 0.182. The molecular weight excluding hydrogens is 202 g/mol. The number of hydrogen-bond donors (Lipinski definition) is 1. The maximum Gasteiger partial charge on any atom is 0.293 e. The Morgan fingerprint density at radius 2 is 2.36 bits per heavy atom. The second kappa shape index (κ2) is 4.16. The van der Waals surface area contributed by atoms with Crippen LogP contribution in [0.1, 0.15) is 5.69 Å². The number of nitrogens with one attached hydrogen (secondary N) is 1. The highest BCUT2D eigenvalue weighted by Crippen LogP contribution is 2.10. The van der Waals surface area contributed by atoms with Gasteiger partial charge in [-0.3, -0.25) is 4.79 Å². The Balaban J connectivity index is 3.21. The monoisotopic (exact) mass is 211 g/mol. The van der Waals surface area contributed by atoms with Crippen LogP contribution in [-0.4, -0.2) is 16.1 Å². The summed E-state index contributed by atoms with van der Waals surface area (Å²) in [6, 6.07) is 0. The van der Waals surface area contributed by atoms with Crippen molar-refractivity contribution in [3.63, 3.8) is 0 Å². The molecule has 0 aromatic carbocycles. The number of rotatable bonds is 2. The van der Waals surface area contributed by atoms with E-state index >= 15 is 0 Å². The Morgan fingerprint density at radius 3 is 2.93 bits per heavy atom. The molecule has 74 valence electrons. The van der Waals surface area contributed by atoms with E-state index in [-0.39, 0.29) is 17.9 Å². The van der Waals surface area contributed by atoms with Gasteiger partial charge in [-0.05, 0) is 6.92 Å². The van der Waals surface area contributed by atoms with E-state index < -0.39 is 0 Å². The van der Waals surface area contributed by atoms with Crippen molar-refractivity contribution >= 4 is 17.4 Å². The third kappa shape index (κ3) is 1.88. The maximum atomic E-state index is 11.6. The van der Waals surface area contributed by atoms with Gasteiger partial charge < -0.3 is 9.88 Å². The molecule has 0 amide bonds. The molecule has 0 aliphatic heterocycles. The van der Waals surface area contributed by atoms with Crippen LogP contribution in [0.2, 0.25) is 5.15 Å². The van der Waals surface area contributed by atoms with E-state index in [9.17, 15) is 4.79 Å². The lowest BCUT2D eigenvalue weighted by Crippen LogP contribution is -2.25. The van der Waals surface area contributed by atoms with Crippen LogP contribution in [-0.2, 0) is 7.05 Å². The Morgan fingerprint density at radius 1 is 1.71 bits per heavy atom. The van der Waals surface area contributed by atoms with Gasteiger partial charge in [-0.2, -0.15) is 0 Å². The van der Waals surface area contributed by atoms with Gasteiger partial charge in [0, 0.05) is 7.05 Å². The van der Waals surface area contributed by atoms with Crippen molar-refractivity contribution in [2.45, 2.75) is 6.92 Å². The summed E-state index contributed by atoms with van der Waals surface area (Å²) < 4.78 is 1.42. The third-order valence-electron chi connectivity index (χ3n) is 1.88.